The van der Waals surface area contributed by atoms with Crippen molar-refractivity contribution >= 4 is 51.7 Å². The molecule has 4 aliphatic rings. The number of thiazole rings is 1. The summed E-state index contributed by atoms with van der Waals surface area (Å²) >= 11 is 2.68. The van der Waals surface area contributed by atoms with Crippen molar-refractivity contribution in [1.29, 1.82) is 0 Å². The number of ether oxygens (including phenoxy) is 1. The molecule has 0 radical (unpaired) electrons. The molecule has 1 fully saturated rings. The monoisotopic (exact) mass is 991 g/mol. The molecular formula is C56H45N7O7S2. The molecule has 1 aliphatic carbocycles. The molecule has 3 N–H and O–H groups in total. The van der Waals surface area contributed by atoms with Crippen LogP contribution in [0.3, 0.4) is 0 Å². The molecule has 1 saturated heterocycles. The van der Waals surface area contributed by atoms with E-state index in [1.165, 1.54) is 53.4 Å². The maximum atomic E-state index is 14.7. The van der Waals surface area contributed by atoms with Crippen molar-refractivity contribution in [2.75, 3.05) is 18.2 Å². The third kappa shape index (κ3) is 9.40. The lowest BCUT2D eigenvalue weighted by atomic mass is 9.77. The Morgan fingerprint density at radius 1 is 0.833 bits per heavy atom. The van der Waals surface area contributed by atoms with E-state index in [-0.39, 0.29) is 35.1 Å². The third-order valence-corrected chi connectivity index (χ3v) is 14.4. The van der Waals surface area contributed by atoms with Gasteiger partial charge in [0.15, 0.2) is 22.7 Å². The molecule has 16 heteroatoms. The quantitative estimate of drug-likeness (QED) is 0.0278. The number of hydrogen-bond donors (Lipinski definition) is 3. The molecule has 358 valence electrons. The number of rotatable bonds is 16. The zero-order valence-corrected chi connectivity index (χ0v) is 40.2. The smallest absolute Gasteiger partial charge is 0.356 e. The van der Waals surface area contributed by atoms with Crippen LogP contribution in [-0.4, -0.2) is 72.5 Å². The normalized spacial score (nSPS) is 15.8. The van der Waals surface area contributed by atoms with Gasteiger partial charge in [-0.2, -0.15) is 5.10 Å². The highest BCUT2D eigenvalue weighted by Crippen LogP contribution is 2.43. The number of benzene rings is 6. The summed E-state index contributed by atoms with van der Waals surface area (Å²) in [6, 6.07) is 50.6. The van der Waals surface area contributed by atoms with Crippen LogP contribution in [0.15, 0.2) is 215 Å². The zero-order chi connectivity index (χ0) is 49.6. The number of thioether (sulfide) groups is 1. The lowest BCUT2D eigenvalue weighted by Crippen LogP contribution is -2.71. The number of anilines is 1. The number of phenolic OH excluding ortho intramolecular Hbond substituents is 1. The van der Waals surface area contributed by atoms with E-state index in [9.17, 15) is 24.3 Å². The van der Waals surface area contributed by atoms with Crippen LogP contribution in [-0.2, 0) is 36.0 Å². The first-order chi connectivity index (χ1) is 35.2. The number of nitrogens with zero attached hydrogens (tertiary/aromatic N) is 5. The molecule has 5 aromatic carbocycles. The molecule has 3 aliphatic heterocycles. The minimum Gasteiger partial charge on any atom is -0.504 e. The SMILES string of the molecule is CON=C(C(=O)NC1C(=O)N2C(C(=O)OC(c3ccccc3)c3ccccc3)=C(/C=C/Cn3cc4cc(O)c(=O)cc-4cn3)CS[C@@H]12)c1csc(NC(c2ccccc2)(c2ccccc2)c2ccccc2)n1. The van der Waals surface area contributed by atoms with Crippen LogP contribution in [0.2, 0.25) is 0 Å². The first kappa shape index (κ1) is 47.1. The summed E-state index contributed by atoms with van der Waals surface area (Å²) in [6.45, 7) is 0.250. The summed E-state index contributed by atoms with van der Waals surface area (Å²) in [5, 5.41) is 26.7. The van der Waals surface area contributed by atoms with Gasteiger partial charge in [0.25, 0.3) is 11.8 Å². The summed E-state index contributed by atoms with van der Waals surface area (Å²) < 4.78 is 7.98. The number of nitrogens with one attached hydrogen (secondary N) is 2. The van der Waals surface area contributed by atoms with Crippen molar-refractivity contribution in [2.24, 2.45) is 5.16 Å². The summed E-state index contributed by atoms with van der Waals surface area (Å²) in [4.78, 5) is 67.0. The number of amides is 2. The topological polar surface area (TPSA) is 177 Å². The van der Waals surface area contributed by atoms with Crippen molar-refractivity contribution < 1.29 is 29.1 Å². The number of β-lactam (4-membered cyclic amide) rings is 1. The molecule has 2 amide bonds. The Morgan fingerprint density at radius 3 is 2.00 bits per heavy atom. The molecule has 1 unspecified atom stereocenters. The minimum atomic E-state index is -1.04. The summed E-state index contributed by atoms with van der Waals surface area (Å²) in [5.74, 6) is -2.02. The van der Waals surface area contributed by atoms with Gasteiger partial charge in [-0.15, -0.1) is 23.1 Å². The van der Waals surface area contributed by atoms with E-state index in [4.69, 9.17) is 14.6 Å². The fourth-order valence-electron chi connectivity index (χ4n) is 8.95. The molecule has 72 heavy (non-hydrogen) atoms. The van der Waals surface area contributed by atoms with Crippen molar-refractivity contribution in [3.63, 3.8) is 0 Å². The Balaban J connectivity index is 0.928. The van der Waals surface area contributed by atoms with Crippen molar-refractivity contribution in [3.8, 4) is 16.9 Å². The van der Waals surface area contributed by atoms with Crippen LogP contribution in [0, 0.1) is 0 Å². The lowest BCUT2D eigenvalue weighted by molar-refractivity contribution is -0.154. The van der Waals surface area contributed by atoms with E-state index >= 15 is 0 Å². The van der Waals surface area contributed by atoms with E-state index in [2.05, 4.69) is 57.3 Å². The zero-order valence-electron chi connectivity index (χ0n) is 38.6. The number of hydrogen-bond acceptors (Lipinski definition) is 13. The second kappa shape index (κ2) is 20.8. The highest BCUT2D eigenvalue weighted by Gasteiger charge is 2.55. The van der Waals surface area contributed by atoms with E-state index in [0.717, 1.165) is 27.8 Å². The van der Waals surface area contributed by atoms with Crippen molar-refractivity contribution in [2.45, 2.75) is 29.6 Å². The van der Waals surface area contributed by atoms with Gasteiger partial charge in [-0.05, 0) is 45.5 Å². The molecular weight excluding hydrogens is 947 g/mol. The fraction of sp³-hybridized carbons (Fsp3) is 0.125. The number of esters is 1. The number of aromatic nitrogens is 3. The van der Waals surface area contributed by atoms with Gasteiger partial charge < -0.3 is 25.3 Å². The first-order valence-electron chi connectivity index (χ1n) is 22.9. The molecule has 2 atom stereocenters. The van der Waals surface area contributed by atoms with Crippen LogP contribution in [0.25, 0.3) is 11.1 Å². The lowest BCUT2D eigenvalue weighted by Gasteiger charge is -2.49. The van der Waals surface area contributed by atoms with Gasteiger partial charge in [0.2, 0.25) is 5.43 Å². The highest BCUT2D eigenvalue weighted by molar-refractivity contribution is 8.00. The van der Waals surface area contributed by atoms with Crippen molar-refractivity contribution in [1.82, 2.24) is 25.0 Å². The van der Waals surface area contributed by atoms with Crippen LogP contribution in [0.1, 0.15) is 39.6 Å². The largest absolute Gasteiger partial charge is 0.504 e. The average molecular weight is 992 g/mol. The second-order valence-electron chi connectivity index (χ2n) is 16.8. The molecule has 4 heterocycles. The summed E-state index contributed by atoms with van der Waals surface area (Å²) in [7, 11) is 1.33. The predicted octanol–water partition coefficient (Wildman–Crippen LogP) is 8.51. The fourth-order valence-corrected chi connectivity index (χ4v) is 11.0. The Hall–Kier alpha value is -8.60. The second-order valence-corrected chi connectivity index (χ2v) is 18.8. The van der Waals surface area contributed by atoms with E-state index in [0.29, 0.717) is 21.8 Å². The number of phenols is 1. The van der Waals surface area contributed by atoms with Gasteiger partial charge in [-0.1, -0.05) is 169 Å². The molecule has 0 saturated carbocycles. The van der Waals surface area contributed by atoms with Crippen molar-refractivity contribution in [3.05, 3.63) is 249 Å². The maximum Gasteiger partial charge on any atom is 0.356 e. The van der Waals surface area contributed by atoms with E-state index in [1.54, 1.807) is 28.4 Å². The first-order valence-corrected chi connectivity index (χ1v) is 24.8. The van der Waals surface area contributed by atoms with Crippen LogP contribution in [0.4, 0.5) is 5.13 Å². The summed E-state index contributed by atoms with van der Waals surface area (Å²) in [6.07, 6.45) is 5.99. The van der Waals surface area contributed by atoms with Crippen LogP contribution in [0.5, 0.6) is 5.75 Å². The number of carbonyl (C=O) groups is 3. The maximum absolute atomic E-state index is 14.7. The standard InChI is InChI=1S/C56H45N7O7S2/c1-69-61-47(44-35-72-55(58-44)60-56(41-23-11-4-12-24-41,42-25-13-5-14-26-42)43-27-15-6-16-28-43)51(66)59-48-52(67)63-49(54(68)70-50(36-18-7-2-8-19-36)37-20-9-3-10-21-37)38(34-71-53(48)63)22-17-29-62-33-40-31-46(65)45(64)30-39(40)32-57-62/h2-28,30-33,35,48,50,53,65H,29,34H2,1H3,(H,58,60)(H,59,66)/b22-17+,61-47?/t48?,53-/m0/s1. The Kier molecular flexibility index (Phi) is 13.6. The van der Waals surface area contributed by atoms with Gasteiger partial charge in [0, 0.05) is 28.5 Å². The van der Waals surface area contributed by atoms with E-state index < -0.39 is 46.3 Å². The Bertz CT molecular complexity index is 3230. The van der Waals surface area contributed by atoms with Gasteiger partial charge >= 0.3 is 5.97 Å². The van der Waals surface area contributed by atoms with Crippen LogP contribution < -0.4 is 16.1 Å². The van der Waals surface area contributed by atoms with Gasteiger partial charge in [0.1, 0.15) is 35.5 Å². The molecule has 1 aromatic heterocycles. The molecule has 6 aromatic rings. The molecule has 0 bridgehead atoms. The number of allylic oxidation sites excluding steroid dienone is 2. The van der Waals surface area contributed by atoms with Gasteiger partial charge in [0.05, 0.1) is 12.7 Å². The highest BCUT2D eigenvalue weighted by atomic mass is 32.2. The number of carbonyl (C=O) groups excluding carboxylic acids is 3. The van der Waals surface area contributed by atoms with Gasteiger partial charge in [-0.3, -0.25) is 24.0 Å². The molecule has 0 spiro atoms. The van der Waals surface area contributed by atoms with Crippen LogP contribution >= 0.6 is 23.1 Å². The predicted molar refractivity (Wildman–Crippen MR) is 277 cm³/mol. The number of oxime groups is 1. The Morgan fingerprint density at radius 2 is 1.42 bits per heavy atom. The van der Waals surface area contributed by atoms with E-state index in [1.807, 2.05) is 115 Å². The Labute approximate surface area is 422 Å². The minimum absolute atomic E-state index is 0.0476. The van der Waals surface area contributed by atoms with Gasteiger partial charge in [-0.25, -0.2) is 9.78 Å². The molecule has 14 nitrogen and oxygen atoms in total. The average Bonchev–Trinajstić information content (AvgIpc) is 3.89. The number of fused-ring (bicyclic) bond motifs is 2. The summed E-state index contributed by atoms with van der Waals surface area (Å²) in [5.41, 5.74) is 4.84. The third-order valence-electron chi connectivity index (χ3n) is 12.4. The number of aromatic hydroxyl groups is 1. The molecule has 10 rings (SSSR count).